The molecule has 0 aromatic carbocycles. The van der Waals surface area contributed by atoms with Crippen LogP contribution in [0.3, 0.4) is 0 Å². The fourth-order valence-electron chi connectivity index (χ4n) is 1.43. The van der Waals surface area contributed by atoms with Crippen LogP contribution in [0.15, 0.2) is 12.2 Å². The van der Waals surface area contributed by atoms with E-state index in [-0.39, 0.29) is 25.2 Å². The zero-order chi connectivity index (χ0) is 29.2. The van der Waals surface area contributed by atoms with Gasteiger partial charge in [0.25, 0.3) is 0 Å². The topological polar surface area (TPSA) is 61.8 Å². The second-order valence-corrected chi connectivity index (χ2v) is 8.37. The summed E-state index contributed by atoms with van der Waals surface area (Å²) in [5.41, 5.74) is -1.46. The first-order valence-electron chi connectivity index (χ1n) is 10.3. The van der Waals surface area contributed by atoms with Crippen LogP contribution in [0.5, 0.6) is 0 Å². The molecule has 0 saturated carbocycles. The van der Waals surface area contributed by atoms with Crippen LogP contribution in [0.2, 0.25) is 0 Å². The van der Waals surface area contributed by atoms with Crippen LogP contribution < -0.4 is 0 Å². The van der Waals surface area contributed by atoms with E-state index < -0.39 is 53.4 Å². The van der Waals surface area contributed by atoms with E-state index in [9.17, 15) is 49.1 Å². The molecule has 0 rings (SSSR count). The van der Waals surface area contributed by atoms with Gasteiger partial charge >= 0.3 is 30.5 Å². The smallest absolute Gasteiger partial charge is 0.422 e. The number of esters is 2. The molecule has 0 aliphatic heterocycles. The van der Waals surface area contributed by atoms with E-state index in [1.165, 1.54) is 0 Å². The van der Waals surface area contributed by atoms with E-state index in [0.29, 0.717) is 19.3 Å². The third kappa shape index (κ3) is 21.1. The van der Waals surface area contributed by atoms with Crippen molar-refractivity contribution in [1.82, 2.24) is 0 Å². The van der Waals surface area contributed by atoms with Gasteiger partial charge in [0.05, 0.1) is 19.8 Å². The predicted octanol–water partition coefficient (Wildman–Crippen LogP) is 7.31. The van der Waals surface area contributed by atoms with Gasteiger partial charge in [-0.05, 0) is 19.3 Å². The van der Waals surface area contributed by atoms with Crippen LogP contribution in [0.25, 0.3) is 0 Å². The highest BCUT2D eigenvalue weighted by molar-refractivity contribution is 9.12. The summed E-state index contributed by atoms with van der Waals surface area (Å²) in [7, 11) is 0. The first kappa shape index (κ1) is 39.5. The van der Waals surface area contributed by atoms with Crippen molar-refractivity contribution in [2.75, 3.05) is 31.8 Å². The maximum Gasteiger partial charge on any atom is 0.422 e. The fraction of sp³-hybridized carbons (Fsp3) is 0.800. The molecular formula is C20H29Br2F9O5. The van der Waals surface area contributed by atoms with Gasteiger partial charge in [-0.3, -0.25) is 4.79 Å². The summed E-state index contributed by atoms with van der Waals surface area (Å²) in [5.74, 6) is -4.83. The van der Waals surface area contributed by atoms with Crippen LogP contribution >= 0.6 is 31.9 Å². The molecule has 0 radical (unpaired) electrons. The molecule has 16 heteroatoms. The molecule has 0 spiro atoms. The van der Waals surface area contributed by atoms with Crippen molar-refractivity contribution in [3.63, 3.8) is 0 Å². The zero-order valence-electron chi connectivity index (χ0n) is 19.7. The van der Waals surface area contributed by atoms with Gasteiger partial charge in [0.15, 0.2) is 5.92 Å². The molecule has 5 nitrogen and oxygen atoms in total. The third-order valence-electron chi connectivity index (χ3n) is 3.28. The largest absolute Gasteiger partial charge is 0.465 e. The fourth-order valence-corrected chi connectivity index (χ4v) is 1.80. The van der Waals surface area contributed by atoms with Crippen LogP contribution in [-0.2, 0) is 23.8 Å². The zero-order valence-corrected chi connectivity index (χ0v) is 22.9. The number of rotatable bonds is 11. The highest BCUT2D eigenvalue weighted by Crippen LogP contribution is 2.28. The van der Waals surface area contributed by atoms with Gasteiger partial charge in [0.1, 0.15) is 10.4 Å². The summed E-state index contributed by atoms with van der Waals surface area (Å²) in [5, 5.41) is -0.101. The lowest BCUT2D eigenvalue weighted by Crippen LogP contribution is -2.36. The van der Waals surface area contributed by atoms with E-state index in [2.05, 4.69) is 47.9 Å². The Labute approximate surface area is 220 Å². The number of ether oxygens (including phenoxy) is 3. The average Bonchev–Trinajstić information content (AvgIpc) is 2.76. The van der Waals surface area contributed by atoms with Crippen LogP contribution in [0.1, 0.15) is 40.0 Å². The summed E-state index contributed by atoms with van der Waals surface area (Å²) in [6.07, 6.45) is -11.8. The highest BCUT2D eigenvalue weighted by atomic mass is 79.9. The molecule has 0 aromatic heterocycles. The minimum atomic E-state index is -4.69. The van der Waals surface area contributed by atoms with Gasteiger partial charge in [-0.15, -0.1) is 0 Å². The number of alkyl halides is 11. The molecule has 0 aliphatic rings. The summed E-state index contributed by atoms with van der Waals surface area (Å²) < 4.78 is 120. The molecule has 0 amide bonds. The van der Waals surface area contributed by atoms with Crippen LogP contribution in [0.4, 0.5) is 39.5 Å². The lowest BCUT2D eigenvalue weighted by molar-refractivity contribution is -0.206. The van der Waals surface area contributed by atoms with Crippen LogP contribution in [0, 0.1) is 5.92 Å². The average molecular weight is 680 g/mol. The maximum atomic E-state index is 12.4. The molecule has 0 fully saturated rings. The van der Waals surface area contributed by atoms with Crippen molar-refractivity contribution in [3.8, 4) is 0 Å². The Morgan fingerprint density at radius 2 is 1.25 bits per heavy atom. The minimum absolute atomic E-state index is 0.000802. The lowest BCUT2D eigenvalue weighted by atomic mass is 10.1. The second-order valence-electron chi connectivity index (χ2n) is 6.61. The van der Waals surface area contributed by atoms with E-state index in [1.807, 2.05) is 0 Å². The first-order chi connectivity index (χ1) is 16.3. The van der Waals surface area contributed by atoms with Crippen LogP contribution in [-0.4, -0.2) is 67.1 Å². The summed E-state index contributed by atoms with van der Waals surface area (Å²) in [6.45, 7) is 7.27. The van der Waals surface area contributed by atoms with Gasteiger partial charge in [0.2, 0.25) is 0 Å². The van der Waals surface area contributed by atoms with Gasteiger partial charge in [-0.25, -0.2) is 4.79 Å². The van der Waals surface area contributed by atoms with Crippen molar-refractivity contribution in [2.45, 2.75) is 63.4 Å². The Balaban J connectivity index is -0.000000481. The van der Waals surface area contributed by atoms with Gasteiger partial charge in [-0.1, -0.05) is 59.2 Å². The predicted molar refractivity (Wildman–Crippen MR) is 121 cm³/mol. The van der Waals surface area contributed by atoms with Gasteiger partial charge in [0, 0.05) is 11.9 Å². The molecule has 2 unspecified atom stereocenters. The first-order valence-corrected chi connectivity index (χ1v) is 12.4. The van der Waals surface area contributed by atoms with E-state index in [4.69, 9.17) is 4.74 Å². The monoisotopic (exact) mass is 678 g/mol. The summed E-state index contributed by atoms with van der Waals surface area (Å²) in [6, 6.07) is 0. The van der Waals surface area contributed by atoms with E-state index in [1.54, 1.807) is 20.8 Å². The normalized spacial score (nSPS) is 13.3. The quantitative estimate of drug-likeness (QED) is 0.0754. The van der Waals surface area contributed by atoms with Gasteiger partial charge in [-0.2, -0.15) is 39.5 Å². The molecular weight excluding hydrogens is 651 g/mol. The number of carbonyl (C=O) groups excluding carboxylic acids is 2. The summed E-state index contributed by atoms with van der Waals surface area (Å²) >= 11 is 5.11. The van der Waals surface area contributed by atoms with Crippen molar-refractivity contribution in [2.24, 2.45) is 5.92 Å². The molecule has 0 heterocycles. The van der Waals surface area contributed by atoms with E-state index >= 15 is 0 Å². The Morgan fingerprint density at radius 1 is 0.806 bits per heavy atom. The number of halogens is 11. The third-order valence-corrected chi connectivity index (χ3v) is 5.64. The van der Waals surface area contributed by atoms with Gasteiger partial charge < -0.3 is 14.2 Å². The number of hydrogen-bond donors (Lipinski definition) is 0. The maximum absolute atomic E-state index is 12.4. The molecule has 0 aromatic rings. The van der Waals surface area contributed by atoms with Crippen molar-refractivity contribution >= 4 is 43.8 Å². The molecule has 0 bridgehead atoms. The number of carbonyl (C=O) groups is 2. The highest BCUT2D eigenvalue weighted by Gasteiger charge is 2.46. The Morgan fingerprint density at radius 3 is 1.56 bits per heavy atom. The number of hydrogen-bond acceptors (Lipinski definition) is 5. The molecule has 0 aliphatic carbocycles. The Hall–Kier alpha value is -1.03. The molecule has 2 atom stereocenters. The van der Waals surface area contributed by atoms with Crippen molar-refractivity contribution < 1.29 is 63.3 Å². The SMILES string of the molecule is C=C(C(=O)OCCC)C(F)(F)F.CCCOCC(C(=O)OCCC)C(F)(F)F.FC(F)(F)C(Br)CBr. The van der Waals surface area contributed by atoms with E-state index in [0.717, 1.165) is 0 Å². The molecule has 0 N–H and O–H groups in total. The molecule has 0 saturated heterocycles. The Bertz CT molecular complexity index is 624. The van der Waals surface area contributed by atoms with Crippen molar-refractivity contribution in [3.05, 3.63) is 12.2 Å². The van der Waals surface area contributed by atoms with Crippen molar-refractivity contribution in [1.29, 1.82) is 0 Å². The molecule has 216 valence electrons. The second kappa shape index (κ2) is 20.0. The summed E-state index contributed by atoms with van der Waals surface area (Å²) in [4.78, 5) is 20.2. The lowest BCUT2D eigenvalue weighted by Gasteiger charge is -2.18. The molecule has 36 heavy (non-hydrogen) atoms. The Kier molecular flexibility index (Phi) is 21.9. The minimum Gasteiger partial charge on any atom is -0.465 e. The standard InChI is InChI=1S/C10H17F3O3.C7H9F3O2.C3H3Br2F3/c1-3-5-15-7-8(10(11,12)13)9(14)16-6-4-2;1-3-4-12-6(11)5(2)7(8,9)10;4-1-2(5)3(6,7)8/h8H,3-7H2,1-2H3;2-4H2,1H3;2H,1H2.